The van der Waals surface area contributed by atoms with Crippen LogP contribution in [0.3, 0.4) is 0 Å². The molecule has 0 atom stereocenters. The Hall–Kier alpha value is -3.01. The highest BCUT2D eigenvalue weighted by Crippen LogP contribution is 2.19. The third-order valence-electron chi connectivity index (χ3n) is 3.92. The van der Waals surface area contributed by atoms with Crippen LogP contribution in [-0.4, -0.2) is 40.1 Å². The quantitative estimate of drug-likeness (QED) is 0.656. The number of rotatable bonds is 7. The number of amides is 1. The second-order valence-electron chi connectivity index (χ2n) is 5.99. The van der Waals surface area contributed by atoms with Gasteiger partial charge >= 0.3 is 6.01 Å². The highest BCUT2D eigenvalue weighted by molar-refractivity contribution is 7.91. The molecule has 142 valence electrons. The van der Waals surface area contributed by atoms with Gasteiger partial charge in [0.2, 0.25) is 5.91 Å². The lowest BCUT2D eigenvalue weighted by atomic mass is 10.3. The molecule has 1 amide bonds. The largest absolute Gasteiger partial charge is 0.401 e. The number of carbonyl (C=O) groups is 1. The molecule has 1 N–H and O–H groups in total. The Morgan fingerprint density at radius 1 is 1.22 bits per heavy atom. The standard InChI is InChI=1S/C17H19N5O4S/c1-12-11-14(21-22(12)2)16-19-20-17(26-16)18-15(23)9-6-10-27(24,25)13-7-4-3-5-8-13/h3-5,7-8,11H,6,9-10H2,1-2H3,(H,18,20,23). The third kappa shape index (κ3) is 4.59. The smallest absolute Gasteiger partial charge is 0.322 e. The normalized spacial score (nSPS) is 11.5. The number of sulfone groups is 1. The van der Waals surface area contributed by atoms with Crippen LogP contribution in [0.25, 0.3) is 11.6 Å². The van der Waals surface area contributed by atoms with Crippen molar-refractivity contribution >= 4 is 21.8 Å². The highest BCUT2D eigenvalue weighted by Gasteiger charge is 2.17. The van der Waals surface area contributed by atoms with E-state index in [0.29, 0.717) is 5.69 Å². The summed E-state index contributed by atoms with van der Waals surface area (Å²) in [5.74, 6) is -0.321. The maximum atomic E-state index is 12.2. The molecule has 27 heavy (non-hydrogen) atoms. The Morgan fingerprint density at radius 3 is 2.63 bits per heavy atom. The number of benzene rings is 1. The van der Waals surface area contributed by atoms with E-state index in [1.54, 1.807) is 36.0 Å². The van der Waals surface area contributed by atoms with Crippen molar-refractivity contribution in [3.63, 3.8) is 0 Å². The van der Waals surface area contributed by atoms with Gasteiger partial charge in [0, 0.05) is 19.2 Å². The van der Waals surface area contributed by atoms with Crippen molar-refractivity contribution in [2.24, 2.45) is 7.05 Å². The van der Waals surface area contributed by atoms with Crippen LogP contribution < -0.4 is 5.32 Å². The molecular formula is C17H19N5O4S. The van der Waals surface area contributed by atoms with E-state index in [1.165, 1.54) is 12.1 Å². The number of hydrogen-bond donors (Lipinski definition) is 1. The zero-order valence-electron chi connectivity index (χ0n) is 14.9. The first-order valence-electron chi connectivity index (χ1n) is 8.27. The van der Waals surface area contributed by atoms with E-state index in [9.17, 15) is 13.2 Å². The fraction of sp³-hybridized carbons (Fsp3) is 0.294. The number of aromatic nitrogens is 4. The fourth-order valence-corrected chi connectivity index (χ4v) is 3.72. The minimum atomic E-state index is -3.40. The van der Waals surface area contributed by atoms with E-state index in [1.807, 2.05) is 6.92 Å². The molecule has 0 aliphatic heterocycles. The lowest BCUT2D eigenvalue weighted by molar-refractivity contribution is -0.116. The Labute approximate surface area is 156 Å². The summed E-state index contributed by atoms with van der Waals surface area (Å²) in [5, 5.41) is 14.3. The van der Waals surface area contributed by atoms with Crippen molar-refractivity contribution in [3.8, 4) is 11.6 Å². The van der Waals surface area contributed by atoms with Gasteiger partial charge in [0.05, 0.1) is 10.6 Å². The first kappa shape index (κ1) is 18.8. The summed E-state index contributed by atoms with van der Waals surface area (Å²) in [7, 11) is -1.61. The van der Waals surface area contributed by atoms with Crippen molar-refractivity contribution in [1.82, 2.24) is 20.0 Å². The summed E-state index contributed by atoms with van der Waals surface area (Å²) in [6, 6.07) is 9.88. The molecular weight excluding hydrogens is 370 g/mol. The molecule has 3 aromatic rings. The van der Waals surface area contributed by atoms with Crippen molar-refractivity contribution < 1.29 is 17.6 Å². The molecule has 2 aromatic heterocycles. The molecule has 0 radical (unpaired) electrons. The lowest BCUT2D eigenvalue weighted by Crippen LogP contribution is -2.14. The molecule has 9 nitrogen and oxygen atoms in total. The van der Waals surface area contributed by atoms with E-state index in [-0.39, 0.29) is 35.4 Å². The van der Waals surface area contributed by atoms with Gasteiger partial charge in [-0.1, -0.05) is 23.3 Å². The van der Waals surface area contributed by atoms with Gasteiger partial charge in [0.25, 0.3) is 5.89 Å². The number of anilines is 1. The molecule has 0 bridgehead atoms. The van der Waals surface area contributed by atoms with Crippen LogP contribution in [-0.2, 0) is 21.7 Å². The molecule has 1 aromatic carbocycles. The van der Waals surface area contributed by atoms with Gasteiger partial charge in [0.15, 0.2) is 9.84 Å². The summed E-state index contributed by atoms with van der Waals surface area (Å²) in [6.45, 7) is 1.89. The van der Waals surface area contributed by atoms with Crippen molar-refractivity contribution in [3.05, 3.63) is 42.1 Å². The van der Waals surface area contributed by atoms with Crippen molar-refractivity contribution in [2.45, 2.75) is 24.7 Å². The average Bonchev–Trinajstić information content (AvgIpc) is 3.22. The van der Waals surface area contributed by atoms with Crippen molar-refractivity contribution in [1.29, 1.82) is 0 Å². The SMILES string of the molecule is Cc1cc(-c2nnc(NC(=O)CCCS(=O)(=O)c3ccccc3)o2)nn1C. The predicted octanol–water partition coefficient (Wildman–Crippen LogP) is 1.97. The monoisotopic (exact) mass is 389 g/mol. The minimum Gasteiger partial charge on any atom is -0.401 e. The molecule has 0 saturated carbocycles. The molecule has 0 saturated heterocycles. The summed E-state index contributed by atoms with van der Waals surface area (Å²) in [4.78, 5) is 12.2. The number of aryl methyl sites for hydroxylation is 2. The predicted molar refractivity (Wildman–Crippen MR) is 97.6 cm³/mol. The van der Waals surface area contributed by atoms with Crippen LogP contribution in [0.1, 0.15) is 18.5 Å². The van der Waals surface area contributed by atoms with Gasteiger partial charge < -0.3 is 4.42 Å². The van der Waals surface area contributed by atoms with Gasteiger partial charge in [-0.25, -0.2) is 8.42 Å². The molecule has 0 spiro atoms. The lowest BCUT2D eigenvalue weighted by Gasteiger charge is -2.04. The first-order chi connectivity index (χ1) is 12.8. The molecule has 0 aliphatic rings. The number of nitrogens with one attached hydrogen (secondary N) is 1. The first-order valence-corrected chi connectivity index (χ1v) is 9.92. The minimum absolute atomic E-state index is 0.0203. The van der Waals surface area contributed by atoms with E-state index < -0.39 is 15.7 Å². The maximum Gasteiger partial charge on any atom is 0.322 e. The summed E-state index contributed by atoms with van der Waals surface area (Å²) in [5.41, 5.74) is 1.44. The molecule has 0 fully saturated rings. The number of nitrogens with zero attached hydrogens (tertiary/aromatic N) is 4. The number of hydrogen-bond acceptors (Lipinski definition) is 7. The van der Waals surface area contributed by atoms with Crippen LogP contribution in [0, 0.1) is 6.92 Å². The van der Waals surface area contributed by atoms with Crippen LogP contribution >= 0.6 is 0 Å². The van der Waals surface area contributed by atoms with E-state index in [4.69, 9.17) is 4.42 Å². The van der Waals surface area contributed by atoms with Gasteiger partial charge in [0.1, 0.15) is 5.69 Å². The molecule has 3 rings (SSSR count). The zero-order valence-corrected chi connectivity index (χ0v) is 15.7. The molecule has 0 unspecified atom stereocenters. The Balaban J connectivity index is 1.53. The van der Waals surface area contributed by atoms with Crippen LogP contribution in [0.5, 0.6) is 0 Å². The number of carbonyl (C=O) groups excluding carboxylic acids is 1. The summed E-state index contributed by atoms with van der Waals surface area (Å²) < 4.78 is 31.4. The van der Waals surface area contributed by atoms with E-state index in [0.717, 1.165) is 5.69 Å². The summed E-state index contributed by atoms with van der Waals surface area (Å²) >= 11 is 0. The van der Waals surface area contributed by atoms with Gasteiger partial charge in [-0.05, 0) is 31.5 Å². The molecule has 10 heteroatoms. The average molecular weight is 389 g/mol. The van der Waals surface area contributed by atoms with Gasteiger partial charge in [-0.2, -0.15) is 5.10 Å². The van der Waals surface area contributed by atoms with Crippen LogP contribution in [0.4, 0.5) is 6.01 Å². The second kappa shape index (κ2) is 7.70. The second-order valence-corrected chi connectivity index (χ2v) is 8.10. The zero-order chi connectivity index (χ0) is 19.4. The Bertz CT molecular complexity index is 1020. The van der Waals surface area contributed by atoms with Gasteiger partial charge in [-0.15, -0.1) is 5.10 Å². The van der Waals surface area contributed by atoms with E-state index in [2.05, 4.69) is 20.6 Å². The maximum absolute atomic E-state index is 12.2. The fourth-order valence-electron chi connectivity index (χ4n) is 2.39. The van der Waals surface area contributed by atoms with Crippen LogP contribution in [0.15, 0.2) is 45.7 Å². The topological polar surface area (TPSA) is 120 Å². The van der Waals surface area contributed by atoms with Crippen LogP contribution in [0.2, 0.25) is 0 Å². The Kier molecular flexibility index (Phi) is 5.36. The summed E-state index contributed by atoms with van der Waals surface area (Å²) in [6.07, 6.45) is 0.204. The molecule has 0 aliphatic carbocycles. The molecule has 2 heterocycles. The van der Waals surface area contributed by atoms with E-state index >= 15 is 0 Å². The third-order valence-corrected chi connectivity index (χ3v) is 5.74. The highest BCUT2D eigenvalue weighted by atomic mass is 32.2. The van der Waals surface area contributed by atoms with Crippen molar-refractivity contribution in [2.75, 3.05) is 11.1 Å². The van der Waals surface area contributed by atoms with Gasteiger partial charge in [-0.3, -0.25) is 14.8 Å². The Morgan fingerprint density at radius 2 is 1.96 bits per heavy atom.